The lowest BCUT2D eigenvalue weighted by molar-refractivity contribution is -0.160. The van der Waals surface area contributed by atoms with E-state index in [4.69, 9.17) is 9.84 Å². The first-order valence-electron chi connectivity index (χ1n) is 6.84. The van der Waals surface area contributed by atoms with Gasteiger partial charge in [0.2, 0.25) is 5.91 Å². The first-order valence-corrected chi connectivity index (χ1v) is 6.84. The molecule has 0 bridgehead atoms. The summed E-state index contributed by atoms with van der Waals surface area (Å²) in [5.74, 6) is -1.96. The third kappa shape index (κ3) is 3.78. The summed E-state index contributed by atoms with van der Waals surface area (Å²) in [6.07, 6.45) is 0.447. The Kier molecular flexibility index (Phi) is 4.90. The van der Waals surface area contributed by atoms with Gasteiger partial charge in [0.05, 0.1) is 13.2 Å². The van der Waals surface area contributed by atoms with Crippen LogP contribution in [0.4, 0.5) is 4.39 Å². The van der Waals surface area contributed by atoms with Gasteiger partial charge in [-0.05, 0) is 24.1 Å². The molecule has 2 atom stereocenters. The average molecular weight is 295 g/mol. The minimum Gasteiger partial charge on any atom is -0.480 e. The molecule has 0 spiro atoms. The van der Waals surface area contributed by atoms with E-state index in [-0.39, 0.29) is 30.8 Å². The molecule has 1 saturated heterocycles. The van der Waals surface area contributed by atoms with Crippen molar-refractivity contribution < 1.29 is 23.8 Å². The number of morpholine rings is 1. The lowest BCUT2D eigenvalue weighted by atomic mass is 9.99. The number of carboxylic acids is 1. The zero-order valence-corrected chi connectivity index (χ0v) is 11.8. The Labute approximate surface area is 122 Å². The maximum absolute atomic E-state index is 12.9. The summed E-state index contributed by atoms with van der Waals surface area (Å²) in [7, 11) is 0. The van der Waals surface area contributed by atoms with Crippen molar-refractivity contribution in [2.45, 2.75) is 19.4 Å². The summed E-state index contributed by atoms with van der Waals surface area (Å²) in [6, 6.07) is 5.03. The number of ether oxygens (including phenoxy) is 1. The van der Waals surface area contributed by atoms with Crippen molar-refractivity contribution in [2.75, 3.05) is 19.8 Å². The van der Waals surface area contributed by atoms with E-state index in [0.29, 0.717) is 13.0 Å². The summed E-state index contributed by atoms with van der Waals surface area (Å²) >= 11 is 0. The Hall–Kier alpha value is -1.95. The van der Waals surface area contributed by atoms with Crippen molar-refractivity contribution in [3.8, 4) is 0 Å². The fourth-order valence-corrected chi connectivity index (χ4v) is 2.42. The van der Waals surface area contributed by atoms with Gasteiger partial charge in [0.1, 0.15) is 5.82 Å². The average Bonchev–Trinajstić information content (AvgIpc) is 2.48. The molecule has 2 rings (SSSR count). The van der Waals surface area contributed by atoms with E-state index in [1.54, 1.807) is 19.1 Å². The number of carbonyl (C=O) groups is 2. The molecule has 1 amide bonds. The van der Waals surface area contributed by atoms with Crippen molar-refractivity contribution in [1.29, 1.82) is 0 Å². The first kappa shape index (κ1) is 15.4. The standard InChI is InChI=1S/C15H18FNO4/c1-10(8-11-2-4-12(16)5-3-11)14(18)17-6-7-21-9-13(17)15(19)20/h2-5,10,13H,6-9H2,1H3,(H,19,20)/t10-,13-/m1/s1. The van der Waals surface area contributed by atoms with Gasteiger partial charge in [-0.2, -0.15) is 0 Å². The minimum atomic E-state index is -1.06. The molecule has 0 aliphatic carbocycles. The molecule has 0 unspecified atom stereocenters. The monoisotopic (exact) mass is 295 g/mol. The number of carboxylic acid groups (broad SMARTS) is 1. The molecule has 21 heavy (non-hydrogen) atoms. The molecule has 6 heteroatoms. The predicted molar refractivity (Wildman–Crippen MR) is 73.2 cm³/mol. The van der Waals surface area contributed by atoms with Gasteiger partial charge in [-0.25, -0.2) is 9.18 Å². The van der Waals surface area contributed by atoms with Crippen molar-refractivity contribution in [3.05, 3.63) is 35.6 Å². The van der Waals surface area contributed by atoms with Gasteiger partial charge >= 0.3 is 5.97 Å². The molecule has 114 valence electrons. The third-order valence-corrected chi connectivity index (χ3v) is 3.57. The Bertz CT molecular complexity index is 517. The Morgan fingerprint density at radius 3 is 2.71 bits per heavy atom. The fraction of sp³-hybridized carbons (Fsp3) is 0.467. The molecule has 5 nitrogen and oxygen atoms in total. The number of nitrogens with zero attached hydrogens (tertiary/aromatic N) is 1. The highest BCUT2D eigenvalue weighted by atomic mass is 19.1. The van der Waals surface area contributed by atoms with Gasteiger partial charge in [0.15, 0.2) is 6.04 Å². The number of benzene rings is 1. The van der Waals surface area contributed by atoms with E-state index in [1.165, 1.54) is 17.0 Å². The number of hydrogen-bond acceptors (Lipinski definition) is 3. The summed E-state index contributed by atoms with van der Waals surface area (Å²) in [6.45, 7) is 2.40. The molecule has 1 aliphatic rings. The zero-order valence-electron chi connectivity index (χ0n) is 11.8. The second-order valence-corrected chi connectivity index (χ2v) is 5.19. The van der Waals surface area contributed by atoms with Crippen LogP contribution in [0, 0.1) is 11.7 Å². The number of hydrogen-bond donors (Lipinski definition) is 1. The van der Waals surface area contributed by atoms with Crippen LogP contribution in [0.3, 0.4) is 0 Å². The summed E-state index contributed by atoms with van der Waals surface area (Å²) in [5.41, 5.74) is 0.845. The van der Waals surface area contributed by atoms with E-state index < -0.39 is 12.0 Å². The van der Waals surface area contributed by atoms with E-state index >= 15 is 0 Å². The van der Waals surface area contributed by atoms with Crippen molar-refractivity contribution in [2.24, 2.45) is 5.92 Å². The van der Waals surface area contributed by atoms with E-state index in [2.05, 4.69) is 0 Å². The second kappa shape index (κ2) is 6.67. The van der Waals surface area contributed by atoms with Crippen LogP contribution < -0.4 is 0 Å². The fourth-order valence-electron chi connectivity index (χ4n) is 2.42. The lowest BCUT2D eigenvalue weighted by Crippen LogP contribution is -2.54. The molecular formula is C15H18FNO4. The smallest absolute Gasteiger partial charge is 0.328 e. The van der Waals surface area contributed by atoms with Crippen LogP contribution in [0.1, 0.15) is 12.5 Å². The third-order valence-electron chi connectivity index (χ3n) is 3.57. The summed E-state index contributed by atoms with van der Waals surface area (Å²) in [5, 5.41) is 9.14. The van der Waals surface area contributed by atoms with Gasteiger partial charge in [0, 0.05) is 12.5 Å². The molecule has 1 heterocycles. The Balaban J connectivity index is 2.03. The number of amides is 1. The number of rotatable bonds is 4. The number of carbonyl (C=O) groups excluding carboxylic acids is 1. The van der Waals surface area contributed by atoms with Gasteiger partial charge in [-0.1, -0.05) is 19.1 Å². The highest BCUT2D eigenvalue weighted by molar-refractivity contribution is 5.85. The number of aliphatic carboxylic acids is 1. The molecule has 1 fully saturated rings. The van der Waals surface area contributed by atoms with Crippen LogP contribution >= 0.6 is 0 Å². The highest BCUT2D eigenvalue weighted by Gasteiger charge is 2.34. The van der Waals surface area contributed by atoms with Gasteiger partial charge < -0.3 is 14.7 Å². The van der Waals surface area contributed by atoms with Crippen molar-refractivity contribution >= 4 is 11.9 Å². The van der Waals surface area contributed by atoms with E-state index in [0.717, 1.165) is 5.56 Å². The molecule has 1 aromatic carbocycles. The molecule has 1 aliphatic heterocycles. The minimum absolute atomic E-state index is 0.0182. The van der Waals surface area contributed by atoms with Crippen LogP contribution in [-0.2, 0) is 20.7 Å². The predicted octanol–water partition coefficient (Wildman–Crippen LogP) is 1.32. The van der Waals surface area contributed by atoms with Crippen LogP contribution in [0.5, 0.6) is 0 Å². The van der Waals surface area contributed by atoms with Crippen LogP contribution in [0.2, 0.25) is 0 Å². The van der Waals surface area contributed by atoms with Crippen molar-refractivity contribution in [3.63, 3.8) is 0 Å². The lowest BCUT2D eigenvalue weighted by Gasteiger charge is -2.34. The quantitative estimate of drug-likeness (QED) is 0.909. The molecule has 0 radical (unpaired) electrons. The second-order valence-electron chi connectivity index (χ2n) is 5.19. The maximum atomic E-state index is 12.9. The SMILES string of the molecule is C[C@H](Cc1ccc(F)cc1)C(=O)N1CCOC[C@@H]1C(=O)O. The summed E-state index contributed by atoms with van der Waals surface area (Å²) in [4.78, 5) is 25.0. The normalized spacial score (nSPS) is 20.1. The van der Waals surface area contributed by atoms with Crippen LogP contribution in [0.15, 0.2) is 24.3 Å². The largest absolute Gasteiger partial charge is 0.480 e. The molecule has 1 N–H and O–H groups in total. The van der Waals surface area contributed by atoms with E-state index in [9.17, 15) is 14.0 Å². The van der Waals surface area contributed by atoms with Crippen molar-refractivity contribution in [1.82, 2.24) is 4.90 Å². The first-order chi connectivity index (χ1) is 9.99. The summed E-state index contributed by atoms with van der Waals surface area (Å²) < 4.78 is 18.0. The Morgan fingerprint density at radius 1 is 1.43 bits per heavy atom. The van der Waals surface area contributed by atoms with E-state index in [1.807, 2.05) is 0 Å². The molecule has 0 saturated carbocycles. The molecule has 1 aromatic rings. The number of halogens is 1. The van der Waals surface area contributed by atoms with Crippen LogP contribution in [0.25, 0.3) is 0 Å². The topological polar surface area (TPSA) is 66.8 Å². The highest BCUT2D eigenvalue weighted by Crippen LogP contribution is 2.16. The molecule has 0 aromatic heterocycles. The zero-order chi connectivity index (χ0) is 15.4. The van der Waals surface area contributed by atoms with Gasteiger partial charge in [-0.3, -0.25) is 4.79 Å². The molecular weight excluding hydrogens is 277 g/mol. The van der Waals surface area contributed by atoms with Gasteiger partial charge in [-0.15, -0.1) is 0 Å². The maximum Gasteiger partial charge on any atom is 0.328 e. The Morgan fingerprint density at radius 2 is 2.10 bits per heavy atom. The van der Waals surface area contributed by atoms with Crippen LogP contribution in [-0.4, -0.2) is 47.7 Å². The van der Waals surface area contributed by atoms with Gasteiger partial charge in [0.25, 0.3) is 0 Å².